The molecule has 0 aliphatic carbocycles. The number of carbonyl (C=O) groups is 3. The Morgan fingerprint density at radius 1 is 1.03 bits per heavy atom. The van der Waals surface area contributed by atoms with Crippen molar-refractivity contribution in [3.63, 3.8) is 0 Å². The molecule has 1 saturated heterocycles. The van der Waals surface area contributed by atoms with Crippen LogP contribution in [0, 0.1) is 0 Å². The van der Waals surface area contributed by atoms with Gasteiger partial charge in [-0.2, -0.15) is 13.2 Å². The third-order valence-corrected chi connectivity index (χ3v) is 4.52. The van der Waals surface area contributed by atoms with Gasteiger partial charge in [0, 0.05) is 16.8 Å². The normalized spacial score (nSPS) is 16.5. The van der Waals surface area contributed by atoms with Gasteiger partial charge in [0.05, 0.1) is 24.6 Å². The number of carbonyl (C=O) groups excluding carboxylic acids is 3. The molecule has 162 valence electrons. The minimum Gasteiger partial charge on any atom is -0.336 e. The van der Waals surface area contributed by atoms with Gasteiger partial charge in [-0.25, -0.2) is 10.1 Å². The molecule has 4 rings (SSSR count). The lowest BCUT2D eigenvalue weighted by atomic mass is 10.0. The standard InChI is InChI=1S/C19H15F3N4O5/c20-19(21,22)26-17(29)23-11-8-12-14(25-16(28)18(12)30-6-7-31-18)13(9-11)24-15(27)10-4-2-1-3-5-10/h1-5,8-9H,6-7H2,(H,24,27)(H,25,28)(H2,23,26,29). The Labute approximate surface area is 172 Å². The lowest BCUT2D eigenvalue weighted by Crippen LogP contribution is -2.40. The molecule has 31 heavy (non-hydrogen) atoms. The van der Waals surface area contributed by atoms with Gasteiger partial charge in [0.15, 0.2) is 0 Å². The third kappa shape index (κ3) is 4.02. The highest BCUT2D eigenvalue weighted by atomic mass is 19.4. The summed E-state index contributed by atoms with van der Waals surface area (Å²) in [6.07, 6.45) is -4.94. The highest BCUT2D eigenvalue weighted by Crippen LogP contribution is 2.47. The van der Waals surface area contributed by atoms with Gasteiger partial charge in [-0.1, -0.05) is 18.2 Å². The Morgan fingerprint density at radius 3 is 2.35 bits per heavy atom. The molecular weight excluding hydrogens is 421 g/mol. The maximum absolute atomic E-state index is 12.6. The van der Waals surface area contributed by atoms with Crippen molar-refractivity contribution in [3.8, 4) is 0 Å². The molecule has 0 atom stereocenters. The molecule has 2 heterocycles. The monoisotopic (exact) mass is 436 g/mol. The summed E-state index contributed by atoms with van der Waals surface area (Å²) in [6.45, 7) is 0.204. The van der Waals surface area contributed by atoms with E-state index in [0.717, 1.165) is 5.32 Å². The van der Waals surface area contributed by atoms with Crippen LogP contribution in [0.3, 0.4) is 0 Å². The Bertz CT molecular complexity index is 1050. The second-order valence-electron chi connectivity index (χ2n) is 6.61. The Balaban J connectivity index is 1.72. The molecule has 0 unspecified atom stereocenters. The Morgan fingerprint density at radius 2 is 1.71 bits per heavy atom. The average Bonchev–Trinajstić information content (AvgIpc) is 3.29. The van der Waals surface area contributed by atoms with Crippen molar-refractivity contribution in [1.29, 1.82) is 0 Å². The number of amides is 4. The summed E-state index contributed by atoms with van der Waals surface area (Å²) in [6, 6.07) is 9.03. The van der Waals surface area contributed by atoms with E-state index in [4.69, 9.17) is 9.47 Å². The highest BCUT2D eigenvalue weighted by Gasteiger charge is 2.53. The minimum atomic E-state index is -4.94. The summed E-state index contributed by atoms with van der Waals surface area (Å²) < 4.78 is 48.2. The smallest absolute Gasteiger partial charge is 0.336 e. The molecule has 2 aliphatic heterocycles. The van der Waals surface area contributed by atoms with Crippen molar-refractivity contribution in [2.45, 2.75) is 12.1 Å². The zero-order valence-electron chi connectivity index (χ0n) is 15.6. The summed E-state index contributed by atoms with van der Waals surface area (Å²) >= 11 is 0. The lowest BCUT2D eigenvalue weighted by molar-refractivity contribution is -0.178. The fourth-order valence-corrected chi connectivity index (χ4v) is 3.30. The van der Waals surface area contributed by atoms with E-state index < -0.39 is 29.9 Å². The quantitative estimate of drug-likeness (QED) is 0.552. The number of hydrogen-bond acceptors (Lipinski definition) is 5. The zero-order chi connectivity index (χ0) is 22.2. The maximum Gasteiger partial charge on any atom is 0.485 e. The number of anilines is 3. The molecule has 9 nitrogen and oxygen atoms in total. The lowest BCUT2D eigenvalue weighted by Gasteiger charge is -2.20. The Kier molecular flexibility index (Phi) is 5.03. The van der Waals surface area contributed by atoms with E-state index in [9.17, 15) is 27.6 Å². The first-order valence-electron chi connectivity index (χ1n) is 8.98. The van der Waals surface area contributed by atoms with Crippen LogP contribution in [0.5, 0.6) is 0 Å². The number of rotatable bonds is 3. The van der Waals surface area contributed by atoms with Crippen LogP contribution in [0.4, 0.5) is 35.0 Å². The van der Waals surface area contributed by atoms with Crippen molar-refractivity contribution in [2.75, 3.05) is 29.2 Å². The van der Waals surface area contributed by atoms with Crippen molar-refractivity contribution in [3.05, 3.63) is 53.6 Å². The van der Waals surface area contributed by atoms with Gasteiger partial charge in [-0.05, 0) is 24.3 Å². The van der Waals surface area contributed by atoms with Crippen LogP contribution in [0.15, 0.2) is 42.5 Å². The van der Waals surface area contributed by atoms with E-state index in [0.29, 0.717) is 5.56 Å². The van der Waals surface area contributed by atoms with Gasteiger partial charge in [0.2, 0.25) is 0 Å². The first-order valence-corrected chi connectivity index (χ1v) is 8.98. The molecule has 0 radical (unpaired) electrons. The van der Waals surface area contributed by atoms with Gasteiger partial charge in [0.25, 0.3) is 17.6 Å². The molecule has 2 aromatic rings. The number of alkyl halides is 3. The molecule has 0 saturated carbocycles. The van der Waals surface area contributed by atoms with E-state index in [1.807, 2.05) is 5.32 Å². The number of urea groups is 1. The minimum absolute atomic E-state index is 0.0398. The SMILES string of the molecule is O=C(Nc1cc(NC(=O)c2ccccc2)c2c(c1)C1(OCCO1)C(=O)N2)NC(F)(F)F. The van der Waals surface area contributed by atoms with Crippen LogP contribution in [0.1, 0.15) is 15.9 Å². The molecular formula is C19H15F3N4O5. The third-order valence-electron chi connectivity index (χ3n) is 4.52. The average molecular weight is 436 g/mol. The first kappa shape index (κ1) is 20.6. The Hall–Kier alpha value is -3.64. The van der Waals surface area contributed by atoms with E-state index in [-0.39, 0.29) is 35.8 Å². The van der Waals surface area contributed by atoms with Crippen LogP contribution < -0.4 is 21.3 Å². The van der Waals surface area contributed by atoms with Crippen molar-refractivity contribution in [2.24, 2.45) is 0 Å². The van der Waals surface area contributed by atoms with Gasteiger partial charge in [0.1, 0.15) is 0 Å². The predicted octanol–water partition coefficient (Wildman–Crippen LogP) is 2.73. The van der Waals surface area contributed by atoms with Gasteiger partial charge in [-0.15, -0.1) is 0 Å². The number of hydrogen-bond donors (Lipinski definition) is 4. The van der Waals surface area contributed by atoms with Crippen LogP contribution in [-0.4, -0.2) is 37.4 Å². The van der Waals surface area contributed by atoms with Gasteiger partial charge >= 0.3 is 12.3 Å². The van der Waals surface area contributed by atoms with E-state index in [2.05, 4.69) is 10.6 Å². The number of ether oxygens (including phenoxy) is 2. The van der Waals surface area contributed by atoms with Crippen LogP contribution >= 0.6 is 0 Å². The second kappa shape index (κ2) is 7.56. The number of fused-ring (bicyclic) bond motifs is 2. The summed E-state index contributed by atoms with van der Waals surface area (Å²) in [7, 11) is 0. The van der Waals surface area contributed by atoms with Gasteiger partial charge < -0.3 is 25.4 Å². The zero-order valence-corrected chi connectivity index (χ0v) is 15.6. The summed E-state index contributed by atoms with van der Waals surface area (Å²) in [4.78, 5) is 36.8. The molecule has 2 aromatic carbocycles. The van der Waals surface area contributed by atoms with Crippen molar-refractivity contribution < 1.29 is 37.0 Å². The molecule has 12 heteroatoms. The van der Waals surface area contributed by atoms with E-state index >= 15 is 0 Å². The largest absolute Gasteiger partial charge is 0.485 e. The summed E-state index contributed by atoms with van der Waals surface area (Å²) in [5, 5.41) is 7.99. The van der Waals surface area contributed by atoms with E-state index in [1.54, 1.807) is 30.3 Å². The molecule has 2 aliphatic rings. The predicted molar refractivity (Wildman–Crippen MR) is 101 cm³/mol. The molecule has 0 aromatic heterocycles. The van der Waals surface area contributed by atoms with Gasteiger partial charge in [-0.3, -0.25) is 9.59 Å². The van der Waals surface area contributed by atoms with Crippen molar-refractivity contribution >= 4 is 34.9 Å². The summed E-state index contributed by atoms with van der Waals surface area (Å²) in [5.74, 6) is -3.02. The van der Waals surface area contributed by atoms with Crippen LogP contribution in [-0.2, 0) is 20.1 Å². The molecule has 0 bridgehead atoms. The molecule has 4 amide bonds. The fraction of sp³-hybridized carbons (Fsp3) is 0.211. The highest BCUT2D eigenvalue weighted by molar-refractivity contribution is 6.13. The maximum atomic E-state index is 12.6. The molecule has 1 spiro atoms. The molecule has 4 N–H and O–H groups in total. The molecule has 1 fully saturated rings. The van der Waals surface area contributed by atoms with E-state index in [1.165, 1.54) is 12.1 Å². The number of benzene rings is 2. The fourth-order valence-electron chi connectivity index (χ4n) is 3.30. The second-order valence-corrected chi connectivity index (χ2v) is 6.61. The van der Waals surface area contributed by atoms with Crippen LogP contribution in [0.2, 0.25) is 0 Å². The number of halogens is 3. The summed E-state index contributed by atoms with van der Waals surface area (Å²) in [5.41, 5.74) is 0.481. The first-order chi connectivity index (χ1) is 14.7. The number of nitrogens with one attached hydrogen (secondary N) is 4. The van der Waals surface area contributed by atoms with Crippen LogP contribution in [0.25, 0.3) is 0 Å². The topological polar surface area (TPSA) is 118 Å². The van der Waals surface area contributed by atoms with Crippen molar-refractivity contribution in [1.82, 2.24) is 5.32 Å².